The van der Waals surface area contributed by atoms with E-state index in [9.17, 15) is 9.59 Å². The van der Waals surface area contributed by atoms with Crippen LogP contribution in [0.15, 0.2) is 16.4 Å². The van der Waals surface area contributed by atoms with E-state index in [1.165, 1.54) is 11.8 Å². The van der Waals surface area contributed by atoms with Crippen LogP contribution in [0.3, 0.4) is 0 Å². The Morgan fingerprint density at radius 1 is 1.39 bits per heavy atom. The molecular weight excluding hydrogens is 318 g/mol. The van der Waals surface area contributed by atoms with Gasteiger partial charge in [0.15, 0.2) is 5.16 Å². The van der Waals surface area contributed by atoms with Gasteiger partial charge in [-0.2, -0.15) is 0 Å². The summed E-state index contributed by atoms with van der Waals surface area (Å²) in [5.74, 6) is 0.800. The van der Waals surface area contributed by atoms with Crippen molar-refractivity contribution in [3.63, 3.8) is 0 Å². The van der Waals surface area contributed by atoms with Gasteiger partial charge in [0.1, 0.15) is 5.82 Å². The number of amides is 2. The van der Waals surface area contributed by atoms with Crippen molar-refractivity contribution < 1.29 is 14.3 Å². The molecule has 1 aromatic heterocycles. The molecule has 0 unspecified atom stereocenters. The lowest BCUT2D eigenvalue weighted by Gasteiger charge is -2.28. The summed E-state index contributed by atoms with van der Waals surface area (Å²) in [5.41, 5.74) is 1.03. The Morgan fingerprint density at radius 3 is 2.70 bits per heavy atom. The van der Waals surface area contributed by atoms with Crippen molar-refractivity contribution in [1.29, 1.82) is 0 Å². The highest BCUT2D eigenvalue weighted by Crippen LogP contribution is 2.23. The lowest BCUT2D eigenvalue weighted by molar-refractivity contribution is -0.139. The first-order valence-corrected chi connectivity index (χ1v) is 8.42. The number of rotatable bonds is 6. The highest BCUT2D eigenvalue weighted by molar-refractivity contribution is 7.99. The van der Waals surface area contributed by atoms with Gasteiger partial charge in [-0.05, 0) is 20.3 Å². The Hall–Kier alpha value is -2.03. The molecule has 2 N–H and O–H groups in total. The molecule has 0 fully saturated rings. The smallest absolute Gasteiger partial charge is 0.337 e. The summed E-state index contributed by atoms with van der Waals surface area (Å²) >= 11 is 1.41. The Kier molecular flexibility index (Phi) is 5.64. The second-order valence-electron chi connectivity index (χ2n) is 5.05. The quantitative estimate of drug-likeness (QED) is 0.595. The van der Waals surface area contributed by atoms with Gasteiger partial charge in [-0.15, -0.1) is 10.2 Å². The normalized spacial score (nSPS) is 17.7. The summed E-state index contributed by atoms with van der Waals surface area (Å²) in [6.07, 6.45) is 0.610. The molecule has 2 amide bonds. The molecule has 2 rings (SSSR count). The number of aromatic nitrogens is 3. The number of thioether (sulfide) groups is 1. The molecule has 1 aliphatic rings. The monoisotopic (exact) mass is 339 g/mol. The molecule has 0 radical (unpaired) electrons. The maximum absolute atomic E-state index is 12.3. The van der Waals surface area contributed by atoms with Crippen molar-refractivity contribution >= 4 is 23.8 Å². The number of hydrogen-bond acceptors (Lipinski definition) is 6. The fourth-order valence-electron chi connectivity index (χ4n) is 2.23. The van der Waals surface area contributed by atoms with Gasteiger partial charge in [0.25, 0.3) is 0 Å². The van der Waals surface area contributed by atoms with E-state index in [1.807, 2.05) is 25.5 Å². The minimum absolute atomic E-state index is 0.287. The van der Waals surface area contributed by atoms with E-state index in [4.69, 9.17) is 4.74 Å². The molecule has 0 bridgehead atoms. The number of aryl methyl sites for hydroxylation is 1. The van der Waals surface area contributed by atoms with E-state index < -0.39 is 5.97 Å². The fourth-order valence-corrected chi connectivity index (χ4v) is 3.15. The Morgan fingerprint density at radius 2 is 2.13 bits per heavy atom. The highest BCUT2D eigenvalue weighted by atomic mass is 32.2. The summed E-state index contributed by atoms with van der Waals surface area (Å²) in [7, 11) is 1.87. The first kappa shape index (κ1) is 17.3. The summed E-state index contributed by atoms with van der Waals surface area (Å²) in [6.45, 7) is 5.81. The minimum atomic E-state index is -0.406. The zero-order valence-electron chi connectivity index (χ0n) is 13.7. The first-order chi connectivity index (χ1) is 11.0. The van der Waals surface area contributed by atoms with Crippen LogP contribution in [0.4, 0.5) is 4.79 Å². The van der Waals surface area contributed by atoms with Crippen LogP contribution in [0.1, 0.15) is 26.1 Å². The zero-order chi connectivity index (χ0) is 17.0. The summed E-state index contributed by atoms with van der Waals surface area (Å²) in [5, 5.41) is 14.3. The number of esters is 1. The number of nitrogens with one attached hydrogen (secondary N) is 2. The van der Waals surface area contributed by atoms with Crippen molar-refractivity contribution in [3.05, 3.63) is 17.1 Å². The van der Waals surface area contributed by atoms with Crippen LogP contribution >= 0.6 is 11.8 Å². The first-order valence-electron chi connectivity index (χ1n) is 7.44. The average Bonchev–Trinajstić information content (AvgIpc) is 2.84. The van der Waals surface area contributed by atoms with Crippen molar-refractivity contribution in [3.8, 4) is 0 Å². The Balaban J connectivity index is 2.26. The predicted molar refractivity (Wildman–Crippen MR) is 85.9 cm³/mol. The van der Waals surface area contributed by atoms with Gasteiger partial charge in [0.05, 0.1) is 18.2 Å². The third-order valence-corrected chi connectivity index (χ3v) is 4.59. The largest absolute Gasteiger partial charge is 0.463 e. The van der Waals surface area contributed by atoms with Crippen LogP contribution in [0.5, 0.6) is 0 Å². The molecule has 9 heteroatoms. The average molecular weight is 339 g/mol. The summed E-state index contributed by atoms with van der Waals surface area (Å²) in [6, 6.07) is -0.658. The molecule has 23 heavy (non-hydrogen) atoms. The van der Waals surface area contributed by atoms with E-state index in [-0.39, 0.29) is 18.7 Å². The molecule has 1 aromatic rings. The minimum Gasteiger partial charge on any atom is -0.463 e. The molecule has 126 valence electrons. The number of nitrogens with zero attached hydrogens (tertiary/aromatic N) is 3. The number of urea groups is 1. The third-order valence-electron chi connectivity index (χ3n) is 3.55. The molecule has 0 spiro atoms. The molecule has 0 aliphatic carbocycles. The lowest BCUT2D eigenvalue weighted by Crippen LogP contribution is -2.50. The van der Waals surface area contributed by atoms with Gasteiger partial charge in [0.2, 0.25) is 0 Å². The Bertz CT molecular complexity index is 640. The van der Waals surface area contributed by atoms with Gasteiger partial charge >= 0.3 is 12.0 Å². The number of carbonyl (C=O) groups excluding carboxylic acids is 2. The van der Waals surface area contributed by atoms with Gasteiger partial charge in [-0.25, -0.2) is 9.59 Å². The van der Waals surface area contributed by atoms with Gasteiger partial charge < -0.3 is 19.9 Å². The molecule has 1 aliphatic heterocycles. The molecular formula is C14H21N5O3S. The Labute approximate surface area is 139 Å². The van der Waals surface area contributed by atoms with E-state index >= 15 is 0 Å². The van der Waals surface area contributed by atoms with Crippen molar-refractivity contribution in [2.75, 3.05) is 12.4 Å². The number of carbonyl (C=O) groups is 2. The van der Waals surface area contributed by atoms with E-state index in [2.05, 4.69) is 20.8 Å². The summed E-state index contributed by atoms with van der Waals surface area (Å²) < 4.78 is 6.98. The summed E-state index contributed by atoms with van der Waals surface area (Å²) in [4.78, 5) is 24.1. The molecule has 1 atom stereocenters. The van der Waals surface area contributed by atoms with Crippen LogP contribution in [-0.4, -0.2) is 45.2 Å². The van der Waals surface area contributed by atoms with Crippen molar-refractivity contribution in [1.82, 2.24) is 25.4 Å². The second kappa shape index (κ2) is 7.49. The standard InChI is InChI=1S/C14H21N5O3S/c1-5-9-11(12(20)22-6-2)10(16-13(21)15-9)7-23-14-18-17-8(3)19(14)4/h9H,5-7H2,1-4H3,(H2,15,16,21)/t9-/m1/s1. The van der Waals surface area contributed by atoms with E-state index in [0.717, 1.165) is 11.0 Å². The van der Waals surface area contributed by atoms with Crippen LogP contribution < -0.4 is 10.6 Å². The van der Waals surface area contributed by atoms with Crippen LogP contribution in [0.25, 0.3) is 0 Å². The van der Waals surface area contributed by atoms with Crippen molar-refractivity contribution in [2.45, 2.75) is 38.4 Å². The lowest BCUT2D eigenvalue weighted by atomic mass is 10.0. The molecule has 0 saturated heterocycles. The molecule has 8 nitrogen and oxygen atoms in total. The molecule has 0 saturated carbocycles. The van der Waals surface area contributed by atoms with Gasteiger partial charge in [-0.3, -0.25) is 0 Å². The molecule has 2 heterocycles. The third kappa shape index (κ3) is 3.84. The zero-order valence-corrected chi connectivity index (χ0v) is 14.5. The topological polar surface area (TPSA) is 98.1 Å². The second-order valence-corrected chi connectivity index (χ2v) is 5.99. The maximum atomic E-state index is 12.3. The fraction of sp³-hybridized carbons (Fsp3) is 0.571. The number of hydrogen-bond donors (Lipinski definition) is 2. The SMILES string of the molecule is CCOC(=O)C1=C(CSc2nnc(C)n2C)NC(=O)N[C@@H]1CC. The van der Waals surface area contributed by atoms with E-state index in [1.54, 1.807) is 6.92 Å². The van der Waals surface area contributed by atoms with Crippen LogP contribution in [-0.2, 0) is 16.6 Å². The maximum Gasteiger partial charge on any atom is 0.337 e. The molecule has 0 aromatic carbocycles. The highest BCUT2D eigenvalue weighted by Gasteiger charge is 2.31. The number of ether oxygens (including phenoxy) is 1. The van der Waals surface area contributed by atoms with Crippen LogP contribution in [0, 0.1) is 6.92 Å². The van der Waals surface area contributed by atoms with Crippen LogP contribution in [0.2, 0.25) is 0 Å². The van der Waals surface area contributed by atoms with E-state index in [0.29, 0.717) is 23.4 Å². The van der Waals surface area contributed by atoms with Crippen molar-refractivity contribution in [2.24, 2.45) is 7.05 Å². The van der Waals surface area contributed by atoms with Gasteiger partial charge in [-0.1, -0.05) is 18.7 Å². The van der Waals surface area contributed by atoms with Gasteiger partial charge in [0, 0.05) is 18.5 Å². The predicted octanol–water partition coefficient (Wildman–Crippen LogP) is 1.12.